The minimum Gasteiger partial charge on any atom is -0.375 e. The van der Waals surface area contributed by atoms with Crippen molar-refractivity contribution in [1.29, 1.82) is 0 Å². The summed E-state index contributed by atoms with van der Waals surface area (Å²) < 4.78 is 2.09. The first-order valence-corrected chi connectivity index (χ1v) is 6.81. The maximum atomic E-state index is 6.26. The fourth-order valence-corrected chi connectivity index (χ4v) is 2.36. The third-order valence-corrected chi connectivity index (χ3v) is 3.35. The van der Waals surface area contributed by atoms with Gasteiger partial charge in [-0.25, -0.2) is 0 Å². The molecular formula is C14H15ClN4S. The van der Waals surface area contributed by atoms with Gasteiger partial charge in [-0.3, -0.25) is 5.43 Å². The van der Waals surface area contributed by atoms with Crippen LogP contribution in [0, 0.1) is 13.8 Å². The molecule has 0 amide bonds. The van der Waals surface area contributed by atoms with E-state index in [0.717, 1.165) is 22.6 Å². The van der Waals surface area contributed by atoms with E-state index in [1.165, 1.54) is 0 Å². The van der Waals surface area contributed by atoms with Crippen LogP contribution in [0.15, 0.2) is 35.4 Å². The van der Waals surface area contributed by atoms with E-state index < -0.39 is 0 Å². The van der Waals surface area contributed by atoms with E-state index in [9.17, 15) is 0 Å². The molecule has 0 fully saturated rings. The highest BCUT2D eigenvalue weighted by Gasteiger charge is 2.11. The number of nitrogens with one attached hydrogen (secondary N) is 1. The SMILES string of the molecule is Cc1cc(C=NNC(N)=S)c(C)n1-c1ccccc1Cl. The van der Waals surface area contributed by atoms with Crippen LogP contribution in [0.3, 0.4) is 0 Å². The first-order chi connectivity index (χ1) is 9.50. The largest absolute Gasteiger partial charge is 0.375 e. The van der Waals surface area contributed by atoms with Gasteiger partial charge in [0.2, 0.25) is 0 Å². The number of benzene rings is 1. The number of rotatable bonds is 3. The molecule has 0 radical (unpaired) electrons. The predicted octanol–water partition coefficient (Wildman–Crippen LogP) is 2.91. The van der Waals surface area contributed by atoms with Crippen molar-refractivity contribution in [2.45, 2.75) is 13.8 Å². The summed E-state index contributed by atoms with van der Waals surface area (Å²) >= 11 is 11.0. The lowest BCUT2D eigenvalue weighted by atomic mass is 10.2. The molecule has 1 heterocycles. The van der Waals surface area contributed by atoms with Crippen molar-refractivity contribution in [2.75, 3.05) is 0 Å². The smallest absolute Gasteiger partial charge is 0.184 e. The number of aryl methyl sites for hydroxylation is 1. The zero-order valence-electron chi connectivity index (χ0n) is 11.2. The van der Waals surface area contributed by atoms with Crippen molar-refractivity contribution in [3.05, 3.63) is 52.3 Å². The number of aromatic nitrogens is 1. The minimum atomic E-state index is 0.140. The molecule has 1 aromatic heterocycles. The normalized spacial score (nSPS) is 10.9. The second-order valence-corrected chi connectivity index (χ2v) is 5.19. The Labute approximate surface area is 128 Å². The molecule has 0 spiro atoms. The van der Waals surface area contributed by atoms with E-state index in [4.69, 9.17) is 29.6 Å². The monoisotopic (exact) mass is 306 g/mol. The van der Waals surface area contributed by atoms with Gasteiger partial charge in [-0.05, 0) is 44.3 Å². The lowest BCUT2D eigenvalue weighted by molar-refractivity contribution is 0.964. The molecular weight excluding hydrogens is 292 g/mol. The number of halogens is 1. The molecule has 6 heteroatoms. The van der Waals surface area contributed by atoms with Crippen molar-refractivity contribution in [1.82, 2.24) is 9.99 Å². The van der Waals surface area contributed by atoms with Gasteiger partial charge in [-0.2, -0.15) is 5.10 Å². The van der Waals surface area contributed by atoms with Gasteiger partial charge in [0.1, 0.15) is 0 Å². The number of hydrogen-bond donors (Lipinski definition) is 2. The Balaban J connectivity index is 2.42. The predicted molar refractivity (Wildman–Crippen MR) is 87.8 cm³/mol. The number of thiocarbonyl (C=S) groups is 1. The maximum Gasteiger partial charge on any atom is 0.184 e. The maximum absolute atomic E-state index is 6.26. The van der Waals surface area contributed by atoms with Crippen molar-refractivity contribution in [3.8, 4) is 5.69 Å². The molecule has 0 saturated heterocycles. The Morgan fingerprint density at radius 2 is 2.10 bits per heavy atom. The quantitative estimate of drug-likeness (QED) is 0.521. The van der Waals surface area contributed by atoms with Crippen LogP contribution >= 0.6 is 23.8 Å². The van der Waals surface area contributed by atoms with Gasteiger partial charge >= 0.3 is 0 Å². The highest BCUT2D eigenvalue weighted by atomic mass is 35.5. The highest BCUT2D eigenvalue weighted by molar-refractivity contribution is 7.80. The zero-order chi connectivity index (χ0) is 14.7. The summed E-state index contributed by atoms with van der Waals surface area (Å²) in [6.07, 6.45) is 1.69. The molecule has 4 nitrogen and oxygen atoms in total. The third-order valence-electron chi connectivity index (χ3n) is 2.94. The average molecular weight is 307 g/mol. The van der Waals surface area contributed by atoms with E-state index in [2.05, 4.69) is 15.1 Å². The molecule has 0 saturated carbocycles. The van der Waals surface area contributed by atoms with Crippen molar-refractivity contribution < 1.29 is 0 Å². The van der Waals surface area contributed by atoms with Gasteiger partial charge in [0.25, 0.3) is 0 Å². The molecule has 0 unspecified atom stereocenters. The standard InChI is InChI=1S/C14H15ClN4S/c1-9-7-11(8-17-18-14(16)20)10(2)19(9)13-6-4-3-5-12(13)15/h3-8H,1-2H3,(H3,16,18,20). The molecule has 3 N–H and O–H groups in total. The Morgan fingerprint density at radius 3 is 2.75 bits per heavy atom. The average Bonchev–Trinajstić information content (AvgIpc) is 2.65. The van der Waals surface area contributed by atoms with E-state index in [1.54, 1.807) is 6.21 Å². The second kappa shape index (κ2) is 6.07. The Hall–Kier alpha value is -1.85. The van der Waals surface area contributed by atoms with E-state index in [0.29, 0.717) is 5.02 Å². The third kappa shape index (κ3) is 3.00. The Bertz CT molecular complexity index is 676. The zero-order valence-corrected chi connectivity index (χ0v) is 12.8. The molecule has 0 atom stereocenters. The summed E-state index contributed by atoms with van der Waals surface area (Å²) in [4.78, 5) is 0. The molecule has 0 aliphatic carbocycles. The highest BCUT2D eigenvalue weighted by Crippen LogP contribution is 2.25. The van der Waals surface area contributed by atoms with E-state index in [1.807, 2.05) is 44.2 Å². The molecule has 1 aromatic carbocycles. The summed E-state index contributed by atoms with van der Waals surface area (Å²) in [6.45, 7) is 4.03. The van der Waals surface area contributed by atoms with Gasteiger partial charge in [0, 0.05) is 17.0 Å². The topological polar surface area (TPSA) is 55.3 Å². The summed E-state index contributed by atoms with van der Waals surface area (Å²) in [5.74, 6) is 0. The lowest BCUT2D eigenvalue weighted by Crippen LogP contribution is -2.24. The molecule has 2 rings (SSSR count). The number of para-hydroxylation sites is 1. The summed E-state index contributed by atoms with van der Waals surface area (Å²) in [7, 11) is 0. The van der Waals surface area contributed by atoms with Gasteiger partial charge in [-0.15, -0.1) is 0 Å². The number of nitrogens with zero attached hydrogens (tertiary/aromatic N) is 2. The van der Waals surface area contributed by atoms with Crippen LogP contribution in [0.25, 0.3) is 5.69 Å². The number of hydrogen-bond acceptors (Lipinski definition) is 2. The van der Waals surface area contributed by atoms with Crippen molar-refractivity contribution in [3.63, 3.8) is 0 Å². The Kier molecular flexibility index (Phi) is 4.42. The van der Waals surface area contributed by atoms with Gasteiger partial charge < -0.3 is 10.3 Å². The molecule has 0 bridgehead atoms. The van der Waals surface area contributed by atoms with Crippen molar-refractivity contribution in [2.24, 2.45) is 10.8 Å². The van der Waals surface area contributed by atoms with Crippen LogP contribution < -0.4 is 11.2 Å². The fourth-order valence-electron chi connectivity index (χ4n) is 2.09. The number of nitrogens with two attached hydrogens (primary N) is 1. The summed E-state index contributed by atoms with van der Waals surface area (Å²) in [6, 6.07) is 9.76. The van der Waals surface area contributed by atoms with Crippen LogP contribution in [0.1, 0.15) is 17.0 Å². The molecule has 0 aliphatic heterocycles. The van der Waals surface area contributed by atoms with Crippen LogP contribution in [0.4, 0.5) is 0 Å². The minimum absolute atomic E-state index is 0.140. The van der Waals surface area contributed by atoms with E-state index >= 15 is 0 Å². The molecule has 104 valence electrons. The lowest BCUT2D eigenvalue weighted by Gasteiger charge is -2.11. The first-order valence-electron chi connectivity index (χ1n) is 6.03. The van der Waals surface area contributed by atoms with Crippen LogP contribution in [0.5, 0.6) is 0 Å². The summed E-state index contributed by atoms with van der Waals surface area (Å²) in [5.41, 5.74) is 11.9. The number of hydrazone groups is 1. The van der Waals surface area contributed by atoms with Crippen LogP contribution in [-0.4, -0.2) is 15.9 Å². The van der Waals surface area contributed by atoms with Crippen LogP contribution in [0.2, 0.25) is 5.02 Å². The van der Waals surface area contributed by atoms with Crippen LogP contribution in [-0.2, 0) is 0 Å². The molecule has 20 heavy (non-hydrogen) atoms. The first kappa shape index (κ1) is 14.6. The summed E-state index contributed by atoms with van der Waals surface area (Å²) in [5, 5.41) is 4.83. The van der Waals surface area contributed by atoms with Crippen molar-refractivity contribution >= 4 is 35.1 Å². The van der Waals surface area contributed by atoms with E-state index in [-0.39, 0.29) is 5.11 Å². The second-order valence-electron chi connectivity index (χ2n) is 4.35. The van der Waals surface area contributed by atoms with Gasteiger partial charge in [-0.1, -0.05) is 23.7 Å². The van der Waals surface area contributed by atoms with Gasteiger partial charge in [0.15, 0.2) is 5.11 Å². The molecule has 0 aliphatic rings. The molecule has 2 aromatic rings. The Morgan fingerprint density at radius 1 is 1.40 bits per heavy atom. The fraction of sp³-hybridized carbons (Fsp3) is 0.143. The van der Waals surface area contributed by atoms with Gasteiger partial charge in [0.05, 0.1) is 16.9 Å².